The quantitative estimate of drug-likeness (QED) is 0.629. The molecule has 26 heavy (non-hydrogen) atoms. The zero-order chi connectivity index (χ0) is 19.1. The van der Waals surface area contributed by atoms with Gasteiger partial charge >= 0.3 is 0 Å². The molecule has 2 heterocycles. The summed E-state index contributed by atoms with van der Waals surface area (Å²) in [7, 11) is 4.43. The van der Waals surface area contributed by atoms with E-state index in [2.05, 4.69) is 54.3 Å². The molecule has 146 valence electrons. The maximum Gasteiger partial charge on any atom is 0.217 e. The van der Waals surface area contributed by atoms with Crippen molar-refractivity contribution in [3.8, 4) is 5.88 Å². The van der Waals surface area contributed by atoms with Gasteiger partial charge in [-0.25, -0.2) is 4.98 Å². The van der Waals surface area contributed by atoms with Crippen LogP contribution in [0, 0.1) is 6.92 Å². The molecule has 0 saturated carbocycles. The molecule has 0 bridgehead atoms. The molecule has 1 aliphatic rings. The van der Waals surface area contributed by atoms with Crippen molar-refractivity contribution in [3.63, 3.8) is 0 Å². The highest BCUT2D eigenvalue weighted by atomic mass is 16.5. The van der Waals surface area contributed by atoms with Crippen LogP contribution in [0.2, 0.25) is 0 Å². The van der Waals surface area contributed by atoms with Gasteiger partial charge in [-0.05, 0) is 65.7 Å². The summed E-state index contributed by atoms with van der Waals surface area (Å²) in [6, 6.07) is 2.63. The third-order valence-corrected chi connectivity index (χ3v) is 5.21. The van der Waals surface area contributed by atoms with Gasteiger partial charge in [0, 0.05) is 18.7 Å². The predicted octanol–water partition coefficient (Wildman–Crippen LogP) is 3.65. The Bertz CT molecular complexity index is 567. The van der Waals surface area contributed by atoms with Gasteiger partial charge in [0.2, 0.25) is 5.88 Å². The number of aryl methyl sites for hydroxylation is 1. The van der Waals surface area contributed by atoms with Gasteiger partial charge in [-0.2, -0.15) is 4.98 Å². The first-order valence-electron chi connectivity index (χ1n) is 9.91. The largest absolute Gasteiger partial charge is 0.473 e. The Labute approximate surface area is 159 Å². The van der Waals surface area contributed by atoms with E-state index in [1.54, 1.807) is 0 Å². The summed E-state index contributed by atoms with van der Waals surface area (Å²) in [5.41, 5.74) is 1.04. The molecule has 5 nitrogen and oxygen atoms in total. The standard InChI is InChI=1S/C21H36N4O/c1-7-8-9-19(15-25(6)18-10-12-24(5)13-11-18)26-21-14-20(16(2)3)22-17(4)23-21/h7,14,16,18-19H,1,8-13,15H2,2-6H3/t19-/m1/s1. The van der Waals surface area contributed by atoms with Crippen LogP contribution in [0.1, 0.15) is 57.0 Å². The monoisotopic (exact) mass is 360 g/mol. The normalized spacial score (nSPS) is 17.7. The number of likely N-dealkylation sites (tertiary alicyclic amines) is 1. The highest BCUT2D eigenvalue weighted by Crippen LogP contribution is 2.21. The van der Waals surface area contributed by atoms with Crippen LogP contribution in [-0.2, 0) is 0 Å². The lowest BCUT2D eigenvalue weighted by atomic mass is 10.0. The molecule has 1 aromatic rings. The van der Waals surface area contributed by atoms with E-state index in [1.165, 1.54) is 25.9 Å². The predicted molar refractivity (Wildman–Crippen MR) is 108 cm³/mol. The molecule has 5 heteroatoms. The number of aromatic nitrogens is 2. The zero-order valence-corrected chi connectivity index (χ0v) is 17.2. The van der Waals surface area contributed by atoms with Crippen molar-refractivity contribution in [2.24, 2.45) is 0 Å². The highest BCUT2D eigenvalue weighted by Gasteiger charge is 2.23. The van der Waals surface area contributed by atoms with Gasteiger partial charge in [0.05, 0.1) is 5.69 Å². The minimum absolute atomic E-state index is 0.118. The van der Waals surface area contributed by atoms with E-state index in [-0.39, 0.29) is 6.10 Å². The smallest absolute Gasteiger partial charge is 0.217 e. The molecule has 0 unspecified atom stereocenters. The van der Waals surface area contributed by atoms with Gasteiger partial charge in [-0.15, -0.1) is 6.58 Å². The molecule has 0 spiro atoms. The number of piperidine rings is 1. The molecule has 1 atom stereocenters. The third kappa shape index (κ3) is 6.36. The Morgan fingerprint density at radius 1 is 1.35 bits per heavy atom. The molecule has 1 aliphatic heterocycles. The first kappa shape index (κ1) is 20.8. The highest BCUT2D eigenvalue weighted by molar-refractivity contribution is 5.18. The Morgan fingerprint density at radius 3 is 2.65 bits per heavy atom. The van der Waals surface area contributed by atoms with E-state index in [0.717, 1.165) is 30.9 Å². The summed E-state index contributed by atoms with van der Waals surface area (Å²) in [5.74, 6) is 1.84. The topological polar surface area (TPSA) is 41.5 Å². The molecule has 0 aliphatic carbocycles. The molecule has 0 N–H and O–H groups in total. The van der Waals surface area contributed by atoms with Crippen LogP contribution in [0.5, 0.6) is 5.88 Å². The average molecular weight is 361 g/mol. The summed E-state index contributed by atoms with van der Waals surface area (Å²) in [5, 5.41) is 0. The fourth-order valence-corrected chi connectivity index (χ4v) is 3.49. The van der Waals surface area contributed by atoms with Gasteiger partial charge in [-0.3, -0.25) is 4.90 Å². The Balaban J connectivity index is 2.03. The van der Waals surface area contributed by atoms with E-state index < -0.39 is 0 Å². The summed E-state index contributed by atoms with van der Waals surface area (Å²) in [6.07, 6.45) is 6.45. The van der Waals surface area contributed by atoms with Crippen molar-refractivity contribution in [1.82, 2.24) is 19.8 Å². The van der Waals surface area contributed by atoms with Crippen LogP contribution in [0.4, 0.5) is 0 Å². The number of nitrogens with zero attached hydrogens (tertiary/aromatic N) is 4. The second-order valence-corrected chi connectivity index (χ2v) is 7.91. The van der Waals surface area contributed by atoms with Crippen molar-refractivity contribution in [2.75, 3.05) is 33.7 Å². The first-order chi connectivity index (χ1) is 12.4. The van der Waals surface area contributed by atoms with Crippen LogP contribution < -0.4 is 4.74 Å². The number of allylic oxidation sites excluding steroid dienone is 1. The lowest BCUT2D eigenvalue weighted by Gasteiger charge is -2.36. The number of hydrogen-bond donors (Lipinski definition) is 0. The van der Waals surface area contributed by atoms with Gasteiger partial charge < -0.3 is 9.64 Å². The van der Waals surface area contributed by atoms with Crippen molar-refractivity contribution >= 4 is 0 Å². The van der Waals surface area contributed by atoms with Crippen LogP contribution in [-0.4, -0.2) is 65.6 Å². The van der Waals surface area contributed by atoms with Crippen LogP contribution in [0.3, 0.4) is 0 Å². The van der Waals surface area contributed by atoms with Crippen molar-refractivity contribution in [1.29, 1.82) is 0 Å². The van der Waals surface area contributed by atoms with Crippen molar-refractivity contribution in [3.05, 3.63) is 30.2 Å². The Kier molecular flexibility index (Phi) is 8.04. The minimum atomic E-state index is 0.118. The fourth-order valence-electron chi connectivity index (χ4n) is 3.49. The van der Waals surface area contributed by atoms with Gasteiger partial charge in [0.25, 0.3) is 0 Å². The molecule has 1 fully saturated rings. The summed E-state index contributed by atoms with van der Waals surface area (Å²) < 4.78 is 6.32. The van der Waals surface area contributed by atoms with E-state index in [1.807, 2.05) is 19.1 Å². The van der Waals surface area contributed by atoms with E-state index in [4.69, 9.17) is 4.74 Å². The molecule has 1 saturated heterocycles. The van der Waals surface area contributed by atoms with Gasteiger partial charge in [0.1, 0.15) is 11.9 Å². The van der Waals surface area contributed by atoms with Crippen molar-refractivity contribution < 1.29 is 4.74 Å². The number of likely N-dealkylation sites (N-methyl/N-ethyl adjacent to an activating group) is 1. The maximum absolute atomic E-state index is 6.32. The van der Waals surface area contributed by atoms with Crippen LogP contribution >= 0.6 is 0 Å². The molecule has 0 radical (unpaired) electrons. The maximum atomic E-state index is 6.32. The molecular formula is C21H36N4O. The van der Waals surface area contributed by atoms with Gasteiger partial charge in [0.15, 0.2) is 0 Å². The third-order valence-electron chi connectivity index (χ3n) is 5.21. The fraction of sp³-hybridized carbons (Fsp3) is 0.714. The summed E-state index contributed by atoms with van der Waals surface area (Å²) >= 11 is 0. The van der Waals surface area contributed by atoms with Crippen molar-refractivity contribution in [2.45, 2.75) is 64.5 Å². The average Bonchev–Trinajstić information content (AvgIpc) is 2.59. The first-order valence-corrected chi connectivity index (χ1v) is 9.91. The Hall–Kier alpha value is -1.46. The van der Waals surface area contributed by atoms with E-state index >= 15 is 0 Å². The molecular weight excluding hydrogens is 324 g/mol. The molecule has 0 aromatic carbocycles. The van der Waals surface area contributed by atoms with E-state index in [9.17, 15) is 0 Å². The van der Waals surface area contributed by atoms with Crippen LogP contribution in [0.25, 0.3) is 0 Å². The lowest BCUT2D eigenvalue weighted by Crippen LogP contribution is -2.45. The van der Waals surface area contributed by atoms with Crippen LogP contribution in [0.15, 0.2) is 18.7 Å². The number of ether oxygens (including phenoxy) is 1. The minimum Gasteiger partial charge on any atom is -0.473 e. The molecule has 0 amide bonds. The lowest BCUT2D eigenvalue weighted by molar-refractivity contribution is 0.0849. The second-order valence-electron chi connectivity index (χ2n) is 7.91. The second kappa shape index (κ2) is 10.0. The summed E-state index contributed by atoms with van der Waals surface area (Å²) in [4.78, 5) is 13.9. The molecule has 2 rings (SSSR count). The SMILES string of the molecule is C=CCC[C@H](CN(C)C1CCN(C)CC1)Oc1cc(C(C)C)nc(C)n1. The van der Waals surface area contributed by atoms with Gasteiger partial charge in [-0.1, -0.05) is 19.9 Å². The van der Waals surface area contributed by atoms with E-state index in [0.29, 0.717) is 17.8 Å². The Morgan fingerprint density at radius 2 is 2.04 bits per heavy atom. The molecule has 1 aromatic heterocycles. The summed E-state index contributed by atoms with van der Waals surface area (Å²) in [6.45, 7) is 13.4. The zero-order valence-electron chi connectivity index (χ0n) is 17.2. The number of rotatable bonds is 9. The number of hydrogen-bond acceptors (Lipinski definition) is 5.